The van der Waals surface area contributed by atoms with Gasteiger partial charge in [-0.3, -0.25) is 19.2 Å². The molecule has 0 unspecified atom stereocenters. The minimum atomic E-state index is -3.54. The van der Waals surface area contributed by atoms with Crippen LogP contribution in [0.25, 0.3) is 0 Å². The number of nitrogens with zero attached hydrogens (tertiary/aromatic N) is 3. The lowest BCUT2D eigenvalue weighted by Gasteiger charge is -2.14. The lowest BCUT2D eigenvalue weighted by molar-refractivity contribution is -0.141. The van der Waals surface area contributed by atoms with E-state index in [1.54, 1.807) is 0 Å². The van der Waals surface area contributed by atoms with Gasteiger partial charge in [-0.15, -0.1) is 10.2 Å². The Balaban J connectivity index is 1.95. The SMILES string of the molecule is NCC[C@H](CCCCNC(=O)CCCS(=O)(=O)CC(=O)CCCCCCCCCCCCCCCc1nn[nH]n1)C(=O)CC(=O)O. The monoisotopic (exact) mass is 670 g/mol. The molecule has 0 aliphatic rings. The highest BCUT2D eigenvalue weighted by atomic mass is 32.2. The van der Waals surface area contributed by atoms with Crippen LogP contribution >= 0.6 is 0 Å². The number of carbonyl (C=O) groups excluding carboxylic acids is 3. The van der Waals surface area contributed by atoms with Crippen molar-refractivity contribution in [2.45, 2.75) is 141 Å². The lowest BCUT2D eigenvalue weighted by atomic mass is 9.92. The number of carboxylic acid groups (broad SMARTS) is 1. The van der Waals surface area contributed by atoms with Crippen LogP contribution in [-0.4, -0.2) is 82.2 Å². The van der Waals surface area contributed by atoms with Crippen LogP contribution in [0.15, 0.2) is 0 Å². The van der Waals surface area contributed by atoms with Gasteiger partial charge in [0.15, 0.2) is 15.7 Å². The van der Waals surface area contributed by atoms with Crippen LogP contribution in [0.1, 0.15) is 141 Å². The predicted octanol–water partition coefficient (Wildman–Crippen LogP) is 4.26. The minimum Gasteiger partial charge on any atom is -0.481 e. The van der Waals surface area contributed by atoms with Gasteiger partial charge < -0.3 is 16.2 Å². The summed E-state index contributed by atoms with van der Waals surface area (Å²) in [4.78, 5) is 47.0. The molecule has 1 atom stereocenters. The number of carbonyl (C=O) groups is 4. The van der Waals surface area contributed by atoms with Gasteiger partial charge in [0, 0.05) is 31.7 Å². The number of ketones is 2. The summed E-state index contributed by atoms with van der Waals surface area (Å²) in [7, 11) is -3.54. The van der Waals surface area contributed by atoms with Crippen molar-refractivity contribution >= 4 is 33.3 Å². The molecule has 1 amide bonds. The molecule has 0 spiro atoms. The van der Waals surface area contributed by atoms with Crippen molar-refractivity contribution < 1.29 is 32.7 Å². The third-order valence-electron chi connectivity index (χ3n) is 8.08. The van der Waals surface area contributed by atoms with E-state index in [1.807, 2.05) is 0 Å². The second-order valence-electron chi connectivity index (χ2n) is 12.3. The van der Waals surface area contributed by atoms with Gasteiger partial charge in [0.2, 0.25) is 5.91 Å². The zero-order valence-corrected chi connectivity index (χ0v) is 28.5. The fraction of sp³-hybridized carbons (Fsp3) is 0.844. The molecule has 0 fully saturated rings. The normalized spacial score (nSPS) is 12.2. The van der Waals surface area contributed by atoms with E-state index < -0.39 is 33.9 Å². The first-order chi connectivity index (χ1) is 22.1. The molecular weight excluding hydrogens is 612 g/mol. The number of aliphatic carboxylic acids is 1. The van der Waals surface area contributed by atoms with E-state index in [9.17, 15) is 27.6 Å². The average Bonchev–Trinajstić information content (AvgIpc) is 3.51. The number of nitrogens with two attached hydrogens (primary N) is 1. The van der Waals surface area contributed by atoms with Gasteiger partial charge in [-0.05, 0) is 45.1 Å². The summed E-state index contributed by atoms with van der Waals surface area (Å²) in [5.41, 5.74) is 5.53. The van der Waals surface area contributed by atoms with E-state index in [-0.39, 0.29) is 42.5 Å². The van der Waals surface area contributed by atoms with E-state index >= 15 is 0 Å². The Kier molecular flexibility index (Phi) is 23.6. The van der Waals surface area contributed by atoms with Crippen molar-refractivity contribution in [3.63, 3.8) is 0 Å². The number of carboxylic acids is 1. The van der Waals surface area contributed by atoms with Crippen molar-refractivity contribution in [3.05, 3.63) is 5.82 Å². The van der Waals surface area contributed by atoms with Crippen molar-refractivity contribution in [3.8, 4) is 0 Å². The number of H-pyrrole nitrogens is 1. The van der Waals surface area contributed by atoms with Crippen molar-refractivity contribution in [1.29, 1.82) is 0 Å². The number of hydrogen-bond acceptors (Lipinski definition) is 10. The first-order valence-corrected chi connectivity index (χ1v) is 19.1. The Hall–Kier alpha value is -2.74. The van der Waals surface area contributed by atoms with Crippen LogP contribution in [0.4, 0.5) is 0 Å². The maximum absolute atomic E-state index is 12.3. The second kappa shape index (κ2) is 26.3. The zero-order chi connectivity index (χ0) is 33.9. The first kappa shape index (κ1) is 41.3. The molecule has 0 saturated carbocycles. The number of nitrogens with one attached hydrogen (secondary N) is 2. The third kappa shape index (κ3) is 23.6. The molecule has 0 aromatic carbocycles. The number of Topliss-reactive ketones (excluding diaryl/α,β-unsaturated/α-hetero) is 2. The van der Waals surface area contributed by atoms with Crippen LogP contribution in [-0.2, 0) is 35.4 Å². The topological polar surface area (TPSA) is 215 Å². The molecule has 5 N–H and O–H groups in total. The van der Waals surface area contributed by atoms with Crippen LogP contribution in [0, 0.1) is 5.92 Å². The molecule has 0 radical (unpaired) electrons. The Morgan fingerprint density at radius 3 is 1.96 bits per heavy atom. The Bertz CT molecular complexity index is 1080. The van der Waals surface area contributed by atoms with Gasteiger partial charge in [-0.2, -0.15) is 5.21 Å². The van der Waals surface area contributed by atoms with E-state index in [0.717, 1.165) is 37.9 Å². The smallest absolute Gasteiger partial charge is 0.310 e. The molecule has 0 saturated heterocycles. The Morgan fingerprint density at radius 1 is 0.783 bits per heavy atom. The number of sulfone groups is 1. The molecule has 1 aromatic heterocycles. The summed E-state index contributed by atoms with van der Waals surface area (Å²) in [6.45, 7) is 0.689. The molecule has 14 heteroatoms. The highest BCUT2D eigenvalue weighted by Gasteiger charge is 2.20. The van der Waals surface area contributed by atoms with E-state index in [2.05, 4.69) is 25.9 Å². The summed E-state index contributed by atoms with van der Waals surface area (Å²) in [5, 5.41) is 25.5. The van der Waals surface area contributed by atoms with Crippen LogP contribution in [0.5, 0.6) is 0 Å². The molecule has 1 aromatic rings. The fourth-order valence-corrected chi connectivity index (χ4v) is 6.84. The Morgan fingerprint density at radius 2 is 1.39 bits per heavy atom. The van der Waals surface area contributed by atoms with Gasteiger partial charge >= 0.3 is 5.97 Å². The number of aromatic amines is 1. The Labute approximate surface area is 274 Å². The van der Waals surface area contributed by atoms with E-state index in [0.29, 0.717) is 45.2 Å². The van der Waals surface area contributed by atoms with Crippen LogP contribution < -0.4 is 11.1 Å². The zero-order valence-electron chi connectivity index (χ0n) is 27.7. The minimum absolute atomic E-state index is 0.0594. The van der Waals surface area contributed by atoms with Crippen LogP contribution in [0.2, 0.25) is 0 Å². The summed E-state index contributed by atoms with van der Waals surface area (Å²) in [6, 6.07) is 0. The highest BCUT2D eigenvalue weighted by molar-refractivity contribution is 7.92. The number of aromatic nitrogens is 4. The largest absolute Gasteiger partial charge is 0.481 e. The molecule has 264 valence electrons. The number of aryl methyl sites for hydroxylation is 1. The van der Waals surface area contributed by atoms with Gasteiger partial charge in [-0.1, -0.05) is 82.3 Å². The molecule has 1 rings (SSSR count). The van der Waals surface area contributed by atoms with E-state index in [4.69, 9.17) is 10.8 Å². The summed E-state index contributed by atoms with van der Waals surface area (Å²) >= 11 is 0. The number of hydrogen-bond donors (Lipinski definition) is 4. The van der Waals surface area contributed by atoms with Gasteiger partial charge in [0.25, 0.3) is 0 Å². The van der Waals surface area contributed by atoms with E-state index in [1.165, 1.54) is 51.4 Å². The third-order valence-corrected chi connectivity index (χ3v) is 9.76. The molecule has 0 aliphatic heterocycles. The number of tetrazole rings is 1. The second-order valence-corrected chi connectivity index (χ2v) is 14.5. The van der Waals surface area contributed by atoms with Crippen molar-refractivity contribution in [2.75, 3.05) is 24.6 Å². The molecule has 13 nitrogen and oxygen atoms in total. The van der Waals surface area contributed by atoms with Crippen LogP contribution in [0.3, 0.4) is 0 Å². The molecule has 46 heavy (non-hydrogen) atoms. The molecular formula is C32H58N6O7S. The highest BCUT2D eigenvalue weighted by Crippen LogP contribution is 2.16. The summed E-state index contributed by atoms with van der Waals surface area (Å²) in [5.74, 6) is -2.25. The lowest BCUT2D eigenvalue weighted by Crippen LogP contribution is -2.26. The first-order valence-electron chi connectivity index (χ1n) is 17.3. The van der Waals surface area contributed by atoms with Gasteiger partial charge in [-0.25, -0.2) is 8.42 Å². The maximum atomic E-state index is 12.3. The molecule has 0 aliphatic carbocycles. The summed E-state index contributed by atoms with van der Waals surface area (Å²) in [6.07, 6.45) is 18.0. The fourth-order valence-electron chi connectivity index (χ4n) is 5.47. The van der Waals surface area contributed by atoms with Crippen molar-refractivity contribution in [1.82, 2.24) is 25.9 Å². The average molecular weight is 671 g/mol. The summed E-state index contributed by atoms with van der Waals surface area (Å²) < 4.78 is 24.6. The van der Waals surface area contributed by atoms with Gasteiger partial charge in [0.05, 0.1) is 5.75 Å². The molecule has 0 bridgehead atoms. The number of amides is 1. The van der Waals surface area contributed by atoms with Gasteiger partial charge in [0.1, 0.15) is 23.7 Å². The molecule has 1 heterocycles. The number of rotatable bonds is 32. The standard InChI is InChI=1S/C32H58N6O7S/c33-22-21-27(29(40)25-32(42)43)17-14-15-23-34-31(41)20-16-24-46(44,45)26-28(39)18-12-10-8-6-4-2-1-3-5-7-9-11-13-19-30-35-37-38-36-30/h27H,1-26,33H2,(H,34,41)(H,42,43)(H,35,36,37,38)/t27-/m0/s1. The number of unbranched alkanes of at least 4 members (excludes halogenated alkanes) is 13. The predicted molar refractivity (Wildman–Crippen MR) is 177 cm³/mol. The van der Waals surface area contributed by atoms with Crippen molar-refractivity contribution in [2.24, 2.45) is 11.7 Å². The maximum Gasteiger partial charge on any atom is 0.310 e. The quantitative estimate of drug-likeness (QED) is 0.0627.